The Morgan fingerprint density at radius 1 is 0.615 bits per heavy atom. The van der Waals surface area contributed by atoms with Crippen molar-refractivity contribution in [3.63, 3.8) is 0 Å². The normalized spacial score (nSPS) is 17.8. The largest absolute Gasteiger partial charge is 0.463 e. The van der Waals surface area contributed by atoms with E-state index in [0.29, 0.717) is 19.6 Å². The van der Waals surface area contributed by atoms with E-state index in [1.807, 2.05) is 48.5 Å². The van der Waals surface area contributed by atoms with Gasteiger partial charge in [-0.15, -0.1) is 0 Å². The molecule has 0 N–H and O–H groups in total. The van der Waals surface area contributed by atoms with Gasteiger partial charge in [-0.2, -0.15) is 0 Å². The maximum Gasteiger partial charge on any atom is 0.463 e. The van der Waals surface area contributed by atoms with Gasteiger partial charge in [-0.1, -0.05) is 71.8 Å². The molecule has 6 rings (SSSR count). The molecule has 2 unspecified atom stereocenters. The zero-order valence-electron chi connectivity index (χ0n) is 22.4. The molecule has 0 bridgehead atoms. The molecule has 0 fully saturated rings. The van der Waals surface area contributed by atoms with Crippen LogP contribution in [0.3, 0.4) is 0 Å². The van der Waals surface area contributed by atoms with Crippen LogP contribution < -0.4 is 18.1 Å². The van der Waals surface area contributed by atoms with Crippen LogP contribution in [0.4, 0.5) is 0 Å². The molecule has 2 aliphatic heterocycles. The Balaban J connectivity index is 1.28. The second-order valence-corrected chi connectivity index (χ2v) is 12.0. The molecule has 0 aliphatic carbocycles. The Bertz CT molecular complexity index is 1410. The predicted octanol–water partition coefficient (Wildman–Crippen LogP) is 8.94. The fraction of sp³-hybridized carbons (Fsp3) is 0.226. The van der Waals surface area contributed by atoms with E-state index in [1.54, 1.807) is 0 Å². The fourth-order valence-corrected chi connectivity index (χ4v) is 7.21. The van der Waals surface area contributed by atoms with E-state index in [1.165, 1.54) is 0 Å². The summed E-state index contributed by atoms with van der Waals surface area (Å²) in [6, 6.07) is 24.4. The maximum atomic E-state index is 6.42. The standard InChI is InChI=1S/C31H30O6P2/c1-20-13-22(3)30(36-38-32-18-24-9-5-7-11-28(24)34-38)26(15-20)17-27-16-21(2)14-23(4)31(27)37-39-33-19-25-10-6-8-12-29(25)35-39/h5-16H,17-19H2,1-4H3. The Labute approximate surface area is 231 Å². The molecule has 4 aromatic carbocycles. The summed E-state index contributed by atoms with van der Waals surface area (Å²) in [6.07, 6.45) is 0.606. The van der Waals surface area contributed by atoms with Crippen LogP contribution in [0.5, 0.6) is 23.0 Å². The van der Waals surface area contributed by atoms with Gasteiger partial charge in [0.2, 0.25) is 0 Å². The van der Waals surface area contributed by atoms with Crippen LogP contribution in [-0.4, -0.2) is 0 Å². The monoisotopic (exact) mass is 560 g/mol. The molecule has 0 amide bonds. The third kappa shape index (κ3) is 5.76. The highest BCUT2D eigenvalue weighted by atomic mass is 31.2. The van der Waals surface area contributed by atoms with E-state index < -0.39 is 17.2 Å². The lowest BCUT2D eigenvalue weighted by atomic mass is 9.96. The lowest BCUT2D eigenvalue weighted by Crippen LogP contribution is -2.10. The molecular formula is C31H30O6P2. The van der Waals surface area contributed by atoms with Crippen LogP contribution in [-0.2, 0) is 28.7 Å². The van der Waals surface area contributed by atoms with Gasteiger partial charge in [0.25, 0.3) is 0 Å². The van der Waals surface area contributed by atoms with Gasteiger partial charge in [0.1, 0.15) is 23.0 Å². The van der Waals surface area contributed by atoms with Crippen molar-refractivity contribution < 1.29 is 27.1 Å². The summed E-state index contributed by atoms with van der Waals surface area (Å²) in [6.45, 7) is 9.23. The van der Waals surface area contributed by atoms with Crippen molar-refractivity contribution in [3.05, 3.63) is 117 Å². The first kappa shape index (κ1) is 26.1. The SMILES string of the molecule is Cc1cc(C)c(OP2OCc3ccccc3O2)c(Cc2cc(C)cc(C)c2OP2OCc3ccccc3O2)c1. The molecule has 200 valence electrons. The van der Waals surface area contributed by atoms with E-state index in [2.05, 4.69) is 52.0 Å². The number of para-hydroxylation sites is 2. The number of rotatable bonds is 6. The van der Waals surface area contributed by atoms with Crippen LogP contribution in [0.1, 0.15) is 44.5 Å². The number of aryl methyl sites for hydroxylation is 4. The van der Waals surface area contributed by atoms with Crippen molar-refractivity contribution >= 4 is 17.2 Å². The molecule has 0 saturated heterocycles. The molecular weight excluding hydrogens is 530 g/mol. The topological polar surface area (TPSA) is 55.4 Å². The van der Waals surface area contributed by atoms with Gasteiger partial charge in [0, 0.05) is 17.5 Å². The fourth-order valence-electron chi connectivity index (χ4n) is 4.93. The lowest BCUT2D eigenvalue weighted by molar-refractivity contribution is 0.232. The Morgan fingerprint density at radius 3 is 1.51 bits per heavy atom. The van der Waals surface area contributed by atoms with Gasteiger partial charge in [0.15, 0.2) is 0 Å². The summed E-state index contributed by atoms with van der Waals surface area (Å²) in [5, 5.41) is 0. The Morgan fingerprint density at radius 2 is 1.05 bits per heavy atom. The Kier molecular flexibility index (Phi) is 7.47. The highest BCUT2D eigenvalue weighted by Gasteiger charge is 2.29. The second-order valence-electron chi connectivity index (χ2n) is 9.89. The first-order valence-electron chi connectivity index (χ1n) is 12.9. The van der Waals surface area contributed by atoms with E-state index in [0.717, 1.165) is 67.5 Å². The molecule has 0 radical (unpaired) electrons. The van der Waals surface area contributed by atoms with Gasteiger partial charge < -0.3 is 18.1 Å². The molecule has 0 saturated carbocycles. The van der Waals surface area contributed by atoms with Crippen LogP contribution in [0, 0.1) is 27.7 Å². The molecule has 2 heterocycles. The van der Waals surface area contributed by atoms with Crippen LogP contribution >= 0.6 is 17.2 Å². The first-order chi connectivity index (χ1) is 18.9. The quantitative estimate of drug-likeness (QED) is 0.220. The minimum Gasteiger partial charge on any atom is -0.417 e. The molecule has 2 aliphatic rings. The molecule has 6 nitrogen and oxygen atoms in total. The number of hydrogen-bond donors (Lipinski definition) is 0. The Hall–Kier alpha value is -3.14. The molecule has 0 spiro atoms. The number of benzene rings is 4. The highest BCUT2D eigenvalue weighted by Crippen LogP contribution is 2.51. The van der Waals surface area contributed by atoms with Gasteiger partial charge in [-0.05, 0) is 62.1 Å². The van der Waals surface area contributed by atoms with Crippen molar-refractivity contribution in [2.75, 3.05) is 0 Å². The van der Waals surface area contributed by atoms with Crippen LogP contribution in [0.15, 0.2) is 72.8 Å². The van der Waals surface area contributed by atoms with Crippen molar-refractivity contribution in [3.8, 4) is 23.0 Å². The summed E-state index contributed by atoms with van der Waals surface area (Å²) in [4.78, 5) is 0. The maximum absolute atomic E-state index is 6.42. The lowest BCUT2D eigenvalue weighted by Gasteiger charge is -2.26. The summed E-state index contributed by atoms with van der Waals surface area (Å²) in [5.41, 5.74) is 8.51. The van der Waals surface area contributed by atoms with E-state index in [9.17, 15) is 0 Å². The average molecular weight is 561 g/mol. The van der Waals surface area contributed by atoms with Gasteiger partial charge in [-0.25, -0.2) is 0 Å². The molecule has 8 heteroatoms. The summed E-state index contributed by atoms with van der Waals surface area (Å²) in [7, 11) is -3.16. The van der Waals surface area contributed by atoms with Crippen LogP contribution in [0.2, 0.25) is 0 Å². The summed E-state index contributed by atoms with van der Waals surface area (Å²) in [5.74, 6) is 3.17. The summed E-state index contributed by atoms with van der Waals surface area (Å²) < 4.78 is 36.9. The molecule has 0 aromatic heterocycles. The van der Waals surface area contributed by atoms with Gasteiger partial charge in [0.05, 0.1) is 13.2 Å². The zero-order valence-corrected chi connectivity index (χ0v) is 24.2. The zero-order chi connectivity index (χ0) is 26.9. The highest BCUT2D eigenvalue weighted by molar-refractivity contribution is 7.43. The van der Waals surface area contributed by atoms with E-state index in [-0.39, 0.29) is 0 Å². The average Bonchev–Trinajstić information content (AvgIpc) is 2.92. The van der Waals surface area contributed by atoms with Crippen molar-refractivity contribution in [2.45, 2.75) is 47.3 Å². The molecule has 4 aromatic rings. The van der Waals surface area contributed by atoms with Crippen LogP contribution in [0.25, 0.3) is 0 Å². The van der Waals surface area contributed by atoms with Crippen molar-refractivity contribution in [2.24, 2.45) is 0 Å². The van der Waals surface area contributed by atoms with Crippen molar-refractivity contribution in [1.29, 1.82) is 0 Å². The first-order valence-corrected chi connectivity index (χ1v) is 15.1. The minimum absolute atomic E-state index is 0.462. The van der Waals surface area contributed by atoms with Crippen molar-refractivity contribution in [1.82, 2.24) is 0 Å². The predicted molar refractivity (Wildman–Crippen MR) is 153 cm³/mol. The third-order valence-corrected chi connectivity index (χ3v) is 8.68. The van der Waals surface area contributed by atoms with Gasteiger partial charge >= 0.3 is 17.2 Å². The molecule has 2 atom stereocenters. The second kappa shape index (κ2) is 11.2. The van der Waals surface area contributed by atoms with Gasteiger partial charge in [-0.3, -0.25) is 9.05 Å². The third-order valence-electron chi connectivity index (χ3n) is 6.65. The summed E-state index contributed by atoms with van der Waals surface area (Å²) >= 11 is 0. The smallest absolute Gasteiger partial charge is 0.417 e. The molecule has 39 heavy (non-hydrogen) atoms. The number of fused-ring (bicyclic) bond motifs is 2. The van der Waals surface area contributed by atoms with E-state index >= 15 is 0 Å². The van der Waals surface area contributed by atoms with E-state index in [4.69, 9.17) is 27.1 Å². The minimum atomic E-state index is -1.58. The number of hydrogen-bond acceptors (Lipinski definition) is 6.